The molecule has 0 bridgehead atoms. The van der Waals surface area contributed by atoms with Gasteiger partial charge in [-0.25, -0.2) is 4.98 Å². The third-order valence-electron chi connectivity index (χ3n) is 3.99. The highest BCUT2D eigenvalue weighted by Gasteiger charge is 2.29. The molecule has 1 saturated heterocycles. The number of thioether (sulfide) groups is 1. The van der Waals surface area contributed by atoms with E-state index < -0.39 is 0 Å². The summed E-state index contributed by atoms with van der Waals surface area (Å²) in [4.78, 5) is 29.4. The van der Waals surface area contributed by atoms with Gasteiger partial charge in [0.2, 0.25) is 0 Å². The fourth-order valence-corrected chi connectivity index (χ4v) is 3.97. The van der Waals surface area contributed by atoms with Crippen molar-refractivity contribution < 1.29 is 14.3 Å². The maximum Gasteiger partial charge on any atom is 0.319 e. The van der Waals surface area contributed by atoms with E-state index in [0.717, 1.165) is 0 Å². The number of halogens is 1. The Hall–Kier alpha value is -1.57. The molecule has 26 heavy (non-hydrogen) atoms. The quantitative estimate of drug-likeness (QED) is 0.406. The van der Waals surface area contributed by atoms with Gasteiger partial charge in [-0.1, -0.05) is 23.4 Å². The van der Waals surface area contributed by atoms with Crippen molar-refractivity contribution in [1.82, 2.24) is 9.55 Å². The van der Waals surface area contributed by atoms with Gasteiger partial charge in [-0.2, -0.15) is 0 Å². The zero-order chi connectivity index (χ0) is 18.7. The third-order valence-corrected chi connectivity index (χ3v) is 5.46. The van der Waals surface area contributed by atoms with Crippen LogP contribution in [0.3, 0.4) is 0 Å². The number of cyclic esters (lactones) is 1. The molecule has 6 nitrogen and oxygen atoms in total. The lowest BCUT2D eigenvalue weighted by Crippen LogP contribution is -2.25. The molecule has 140 valence electrons. The number of carbonyl (C=O) groups is 1. The summed E-state index contributed by atoms with van der Waals surface area (Å²) < 4.78 is 12.2. The van der Waals surface area contributed by atoms with Crippen molar-refractivity contribution in [2.45, 2.75) is 49.7 Å². The van der Waals surface area contributed by atoms with Crippen LogP contribution in [-0.2, 0) is 20.8 Å². The number of fused-ring (bicyclic) bond motifs is 1. The Bertz CT molecular complexity index is 868. The summed E-state index contributed by atoms with van der Waals surface area (Å²) >= 11 is 7.32. The second-order valence-electron chi connectivity index (χ2n) is 6.35. The van der Waals surface area contributed by atoms with E-state index in [1.165, 1.54) is 11.8 Å². The molecule has 3 rings (SSSR count). The summed E-state index contributed by atoms with van der Waals surface area (Å²) in [6.07, 6.45) is 1.44. The Balaban J connectivity index is 1.93. The van der Waals surface area contributed by atoms with Crippen LogP contribution in [0.2, 0.25) is 5.02 Å². The van der Waals surface area contributed by atoms with E-state index >= 15 is 0 Å². The predicted molar refractivity (Wildman–Crippen MR) is 102 cm³/mol. The summed E-state index contributed by atoms with van der Waals surface area (Å²) in [6, 6.07) is 5.04. The molecule has 1 aliphatic heterocycles. The SMILES string of the molecule is CC(C)OCCCn1c(S[C@@H]2CCOC2=O)nc2cc(Cl)ccc2c1=O. The topological polar surface area (TPSA) is 70.4 Å². The number of esters is 1. The molecule has 8 heteroatoms. The van der Waals surface area contributed by atoms with Crippen LogP contribution in [0.4, 0.5) is 0 Å². The first kappa shape index (κ1) is 19.2. The fraction of sp³-hybridized carbons (Fsp3) is 0.500. The third kappa shape index (κ3) is 4.39. The first-order valence-electron chi connectivity index (χ1n) is 8.60. The molecule has 2 heterocycles. The molecule has 1 aromatic heterocycles. The van der Waals surface area contributed by atoms with Gasteiger partial charge in [-0.3, -0.25) is 14.2 Å². The van der Waals surface area contributed by atoms with Crippen molar-refractivity contribution >= 4 is 40.2 Å². The maximum atomic E-state index is 13.0. The highest BCUT2D eigenvalue weighted by atomic mass is 35.5. The van der Waals surface area contributed by atoms with Crippen molar-refractivity contribution in [1.29, 1.82) is 0 Å². The maximum absolute atomic E-state index is 13.0. The lowest BCUT2D eigenvalue weighted by molar-refractivity contribution is -0.137. The van der Waals surface area contributed by atoms with Crippen LogP contribution in [0.15, 0.2) is 28.2 Å². The number of hydrogen-bond donors (Lipinski definition) is 0. The number of carbonyl (C=O) groups excluding carboxylic acids is 1. The fourth-order valence-electron chi connectivity index (χ4n) is 2.71. The lowest BCUT2D eigenvalue weighted by atomic mass is 10.2. The van der Waals surface area contributed by atoms with Crippen molar-refractivity contribution in [2.24, 2.45) is 0 Å². The van der Waals surface area contributed by atoms with Gasteiger partial charge in [-0.05, 0) is 38.5 Å². The lowest BCUT2D eigenvalue weighted by Gasteiger charge is -2.15. The van der Waals surface area contributed by atoms with Crippen LogP contribution < -0.4 is 5.56 Å². The highest BCUT2D eigenvalue weighted by molar-refractivity contribution is 8.00. The molecular weight excluding hydrogens is 376 g/mol. The molecule has 0 aliphatic carbocycles. The van der Waals surface area contributed by atoms with Gasteiger partial charge in [0.25, 0.3) is 5.56 Å². The Labute approximate surface area is 160 Å². The second-order valence-corrected chi connectivity index (χ2v) is 7.95. The Morgan fingerprint density at radius 2 is 2.23 bits per heavy atom. The van der Waals surface area contributed by atoms with E-state index in [-0.39, 0.29) is 22.9 Å². The molecule has 0 radical (unpaired) electrons. The van der Waals surface area contributed by atoms with Crippen molar-refractivity contribution in [3.8, 4) is 0 Å². The summed E-state index contributed by atoms with van der Waals surface area (Å²) in [5.74, 6) is -0.259. The smallest absolute Gasteiger partial charge is 0.319 e. The van der Waals surface area contributed by atoms with Gasteiger partial charge in [0, 0.05) is 24.6 Å². The van der Waals surface area contributed by atoms with Crippen molar-refractivity contribution in [3.05, 3.63) is 33.6 Å². The Morgan fingerprint density at radius 3 is 2.92 bits per heavy atom. The van der Waals surface area contributed by atoms with Crippen molar-refractivity contribution in [3.63, 3.8) is 0 Å². The predicted octanol–water partition coefficient (Wildman–Crippen LogP) is 3.27. The summed E-state index contributed by atoms with van der Waals surface area (Å²) in [5.41, 5.74) is 0.399. The van der Waals surface area contributed by atoms with Gasteiger partial charge in [0.15, 0.2) is 5.16 Å². The van der Waals surface area contributed by atoms with E-state index in [0.29, 0.717) is 53.7 Å². The molecule has 1 atom stereocenters. The summed E-state index contributed by atoms with van der Waals surface area (Å²) in [5, 5.41) is 1.20. The van der Waals surface area contributed by atoms with Crippen LogP contribution in [-0.4, -0.2) is 40.1 Å². The van der Waals surface area contributed by atoms with Gasteiger partial charge < -0.3 is 9.47 Å². The molecular formula is C18H21ClN2O4S. The van der Waals surface area contributed by atoms with Gasteiger partial charge in [-0.15, -0.1) is 0 Å². The molecule has 1 aromatic carbocycles. The average Bonchev–Trinajstić information content (AvgIpc) is 2.98. The van der Waals surface area contributed by atoms with E-state index in [2.05, 4.69) is 4.98 Å². The molecule has 1 fully saturated rings. The van der Waals surface area contributed by atoms with Gasteiger partial charge in [0.05, 0.1) is 23.6 Å². The minimum absolute atomic E-state index is 0.134. The minimum atomic E-state index is -0.336. The van der Waals surface area contributed by atoms with Crippen molar-refractivity contribution in [2.75, 3.05) is 13.2 Å². The molecule has 0 spiro atoms. The molecule has 0 unspecified atom stereocenters. The zero-order valence-corrected chi connectivity index (χ0v) is 16.3. The molecule has 2 aromatic rings. The van der Waals surface area contributed by atoms with Crippen LogP contribution in [0.5, 0.6) is 0 Å². The van der Waals surface area contributed by atoms with Crippen LogP contribution in [0, 0.1) is 0 Å². The number of benzene rings is 1. The summed E-state index contributed by atoms with van der Waals surface area (Å²) in [7, 11) is 0. The monoisotopic (exact) mass is 396 g/mol. The largest absolute Gasteiger partial charge is 0.465 e. The number of aromatic nitrogens is 2. The normalized spacial score (nSPS) is 17.2. The van der Waals surface area contributed by atoms with Crippen LogP contribution in [0.1, 0.15) is 26.7 Å². The highest BCUT2D eigenvalue weighted by Crippen LogP contribution is 2.29. The first-order valence-corrected chi connectivity index (χ1v) is 9.86. The molecule has 0 saturated carbocycles. The number of rotatable bonds is 7. The summed E-state index contributed by atoms with van der Waals surface area (Å²) in [6.45, 7) is 5.38. The average molecular weight is 397 g/mol. The standard InChI is InChI=1S/C18H21ClN2O4S/c1-11(2)24-8-3-7-21-16(22)13-5-4-12(19)10-14(13)20-18(21)26-15-6-9-25-17(15)23/h4-5,10-11,15H,3,6-9H2,1-2H3/t15-/m1/s1. The molecule has 1 aliphatic rings. The van der Waals surface area contributed by atoms with Gasteiger partial charge >= 0.3 is 5.97 Å². The van der Waals surface area contributed by atoms with Crippen LogP contribution in [0.25, 0.3) is 10.9 Å². The first-order chi connectivity index (χ1) is 12.5. The van der Waals surface area contributed by atoms with E-state index in [9.17, 15) is 9.59 Å². The van der Waals surface area contributed by atoms with Gasteiger partial charge in [0.1, 0.15) is 5.25 Å². The number of hydrogen-bond acceptors (Lipinski definition) is 6. The second kappa shape index (κ2) is 8.41. The Morgan fingerprint density at radius 1 is 1.42 bits per heavy atom. The number of nitrogens with zero attached hydrogens (tertiary/aromatic N) is 2. The minimum Gasteiger partial charge on any atom is -0.465 e. The zero-order valence-electron chi connectivity index (χ0n) is 14.7. The molecule has 0 amide bonds. The number of ether oxygens (including phenoxy) is 2. The Kier molecular flexibility index (Phi) is 6.21. The molecule has 0 N–H and O–H groups in total. The van der Waals surface area contributed by atoms with E-state index in [4.69, 9.17) is 21.1 Å². The van der Waals surface area contributed by atoms with E-state index in [1.807, 2.05) is 13.8 Å². The van der Waals surface area contributed by atoms with Crippen LogP contribution >= 0.6 is 23.4 Å². The van der Waals surface area contributed by atoms with E-state index in [1.54, 1.807) is 22.8 Å².